The van der Waals surface area contributed by atoms with Gasteiger partial charge in [-0.2, -0.15) is 5.26 Å². The zero-order chi connectivity index (χ0) is 15.5. The molecule has 2 heterocycles. The summed E-state index contributed by atoms with van der Waals surface area (Å²) in [6.45, 7) is 2.78. The fraction of sp³-hybridized carbons (Fsp3) is 0.588. The summed E-state index contributed by atoms with van der Waals surface area (Å²) in [5.74, 6) is -0.253. The van der Waals surface area contributed by atoms with Gasteiger partial charge in [0.25, 0.3) is 0 Å². The summed E-state index contributed by atoms with van der Waals surface area (Å²) in [7, 11) is 0. The van der Waals surface area contributed by atoms with Crippen molar-refractivity contribution in [3.05, 3.63) is 35.1 Å². The smallest absolute Gasteiger partial charge is 0.124 e. The molecule has 2 saturated heterocycles. The molecule has 0 radical (unpaired) electrons. The third-order valence-electron chi connectivity index (χ3n) is 4.84. The lowest BCUT2D eigenvalue weighted by molar-refractivity contribution is -0.0636. The van der Waals surface area contributed by atoms with E-state index < -0.39 is 0 Å². The van der Waals surface area contributed by atoms with Gasteiger partial charge in [-0.25, -0.2) is 4.39 Å². The van der Waals surface area contributed by atoms with Crippen molar-refractivity contribution >= 4 is 0 Å². The summed E-state index contributed by atoms with van der Waals surface area (Å²) in [6.07, 6.45) is 2.49. The van der Waals surface area contributed by atoms with Gasteiger partial charge in [-0.15, -0.1) is 0 Å². The van der Waals surface area contributed by atoms with Gasteiger partial charge in [-0.05, 0) is 43.5 Å². The summed E-state index contributed by atoms with van der Waals surface area (Å²) in [6, 6.07) is 6.73. The van der Waals surface area contributed by atoms with Crippen molar-refractivity contribution < 1.29 is 14.2 Å². The average Bonchev–Trinajstić information content (AvgIpc) is 2.97. The third kappa shape index (κ3) is 3.14. The molecule has 0 saturated carbocycles. The number of benzene rings is 1. The van der Waals surface area contributed by atoms with Gasteiger partial charge in [0.05, 0.1) is 24.3 Å². The predicted octanol–water partition coefficient (Wildman–Crippen LogP) is 2.06. The molecule has 1 aromatic rings. The molecule has 3 rings (SSSR count). The summed E-state index contributed by atoms with van der Waals surface area (Å²) in [4.78, 5) is 2.30. The highest BCUT2D eigenvalue weighted by molar-refractivity contribution is 5.38. The fourth-order valence-electron chi connectivity index (χ4n) is 3.66. The van der Waals surface area contributed by atoms with E-state index in [-0.39, 0.29) is 23.9 Å². The molecule has 1 aromatic carbocycles. The fourth-order valence-corrected chi connectivity index (χ4v) is 3.66. The van der Waals surface area contributed by atoms with E-state index in [0.29, 0.717) is 31.7 Å². The maximum Gasteiger partial charge on any atom is 0.124 e. The van der Waals surface area contributed by atoms with E-state index in [1.807, 2.05) is 0 Å². The lowest BCUT2D eigenvalue weighted by atomic mass is 9.89. The molecule has 22 heavy (non-hydrogen) atoms. The topological polar surface area (TPSA) is 56.5 Å². The van der Waals surface area contributed by atoms with E-state index in [1.165, 1.54) is 12.1 Å². The first kappa shape index (κ1) is 15.4. The van der Waals surface area contributed by atoms with Crippen molar-refractivity contribution in [3.8, 4) is 6.07 Å². The number of ether oxygens (including phenoxy) is 1. The highest BCUT2D eigenvalue weighted by Gasteiger charge is 2.37. The molecule has 0 bridgehead atoms. The summed E-state index contributed by atoms with van der Waals surface area (Å²) >= 11 is 0. The summed E-state index contributed by atoms with van der Waals surface area (Å²) < 4.78 is 18.8. The van der Waals surface area contributed by atoms with Crippen molar-refractivity contribution in [1.29, 1.82) is 5.26 Å². The Balaban J connectivity index is 1.75. The first-order valence-corrected chi connectivity index (χ1v) is 7.87. The highest BCUT2D eigenvalue weighted by atomic mass is 19.1. The Hall–Kier alpha value is -1.48. The molecule has 2 aliphatic heterocycles. The number of hydrogen-bond acceptors (Lipinski definition) is 4. The minimum atomic E-state index is -0.380. The number of aliphatic hydroxyl groups is 1. The van der Waals surface area contributed by atoms with Crippen molar-refractivity contribution in [2.45, 2.75) is 38.0 Å². The zero-order valence-corrected chi connectivity index (χ0v) is 12.5. The number of aliphatic hydroxyl groups excluding tert-OH is 1. The monoisotopic (exact) mass is 304 g/mol. The van der Waals surface area contributed by atoms with Crippen LogP contribution >= 0.6 is 0 Å². The van der Waals surface area contributed by atoms with Gasteiger partial charge in [0.1, 0.15) is 5.82 Å². The van der Waals surface area contributed by atoms with E-state index in [0.717, 1.165) is 24.9 Å². The first-order chi connectivity index (χ1) is 10.7. The predicted molar refractivity (Wildman–Crippen MR) is 79.5 cm³/mol. The van der Waals surface area contributed by atoms with Gasteiger partial charge in [-0.1, -0.05) is 6.07 Å². The van der Waals surface area contributed by atoms with Crippen LogP contribution in [-0.2, 0) is 11.3 Å². The Morgan fingerprint density at radius 3 is 3.05 bits per heavy atom. The minimum Gasteiger partial charge on any atom is -0.393 e. The molecule has 2 fully saturated rings. The van der Waals surface area contributed by atoms with Crippen LogP contribution in [0.4, 0.5) is 4.39 Å². The molecule has 0 aliphatic carbocycles. The van der Waals surface area contributed by atoms with Gasteiger partial charge < -0.3 is 9.84 Å². The minimum absolute atomic E-state index is 0.127. The Kier molecular flexibility index (Phi) is 4.72. The van der Waals surface area contributed by atoms with E-state index in [4.69, 9.17) is 4.74 Å². The van der Waals surface area contributed by atoms with Crippen molar-refractivity contribution in [2.75, 3.05) is 19.8 Å². The molecule has 3 unspecified atom stereocenters. The Morgan fingerprint density at radius 2 is 2.27 bits per heavy atom. The molecule has 0 amide bonds. The van der Waals surface area contributed by atoms with Crippen molar-refractivity contribution in [1.82, 2.24) is 4.90 Å². The zero-order valence-electron chi connectivity index (χ0n) is 12.5. The number of rotatable bonds is 3. The normalized spacial score (nSPS) is 29.4. The first-order valence-electron chi connectivity index (χ1n) is 7.87. The van der Waals surface area contributed by atoms with Gasteiger partial charge in [0, 0.05) is 25.1 Å². The van der Waals surface area contributed by atoms with E-state index in [2.05, 4.69) is 11.0 Å². The van der Waals surface area contributed by atoms with Crippen molar-refractivity contribution in [2.24, 2.45) is 5.92 Å². The number of nitriles is 1. The van der Waals surface area contributed by atoms with Crippen LogP contribution in [0, 0.1) is 23.1 Å². The molecule has 2 aliphatic rings. The highest BCUT2D eigenvalue weighted by Crippen LogP contribution is 2.31. The molecule has 1 N–H and O–H groups in total. The largest absolute Gasteiger partial charge is 0.393 e. The van der Waals surface area contributed by atoms with Crippen LogP contribution in [-0.4, -0.2) is 41.9 Å². The second-order valence-corrected chi connectivity index (χ2v) is 6.19. The second kappa shape index (κ2) is 6.74. The van der Waals surface area contributed by atoms with Gasteiger partial charge in [0.2, 0.25) is 0 Å². The van der Waals surface area contributed by atoms with Gasteiger partial charge in [-0.3, -0.25) is 4.90 Å². The second-order valence-electron chi connectivity index (χ2n) is 6.19. The summed E-state index contributed by atoms with van der Waals surface area (Å²) in [5, 5.41) is 19.4. The Morgan fingerprint density at radius 1 is 1.41 bits per heavy atom. The van der Waals surface area contributed by atoms with E-state index >= 15 is 0 Å². The standard InChI is InChI=1S/C17H21FN2O2/c18-14-4-3-12(13(8-14)9-19)10-20-6-1-2-16(20)15-11-22-7-5-17(15)21/h3-4,8,15-17,21H,1-2,5-7,10-11H2. The van der Waals surface area contributed by atoms with E-state index in [9.17, 15) is 14.8 Å². The van der Waals surface area contributed by atoms with Gasteiger partial charge in [0.15, 0.2) is 0 Å². The molecule has 4 nitrogen and oxygen atoms in total. The van der Waals surface area contributed by atoms with Crippen LogP contribution in [0.25, 0.3) is 0 Å². The quantitative estimate of drug-likeness (QED) is 0.928. The molecular formula is C17H21FN2O2. The lowest BCUT2D eigenvalue weighted by Gasteiger charge is -2.37. The maximum absolute atomic E-state index is 13.3. The van der Waals surface area contributed by atoms with Crippen LogP contribution in [0.1, 0.15) is 30.4 Å². The molecular weight excluding hydrogens is 283 g/mol. The number of likely N-dealkylation sites (tertiary alicyclic amines) is 1. The Bertz CT molecular complexity index is 572. The van der Waals surface area contributed by atoms with Gasteiger partial charge >= 0.3 is 0 Å². The average molecular weight is 304 g/mol. The van der Waals surface area contributed by atoms with Crippen LogP contribution in [0.3, 0.4) is 0 Å². The van der Waals surface area contributed by atoms with Crippen LogP contribution in [0.2, 0.25) is 0 Å². The maximum atomic E-state index is 13.3. The van der Waals surface area contributed by atoms with Crippen LogP contribution in [0.5, 0.6) is 0 Å². The summed E-state index contributed by atoms with van der Waals surface area (Å²) in [5.41, 5.74) is 1.24. The SMILES string of the molecule is N#Cc1cc(F)ccc1CN1CCCC1C1COCCC1O. The molecule has 5 heteroatoms. The molecule has 0 spiro atoms. The number of hydrogen-bond donors (Lipinski definition) is 1. The molecule has 0 aromatic heterocycles. The van der Waals surface area contributed by atoms with E-state index in [1.54, 1.807) is 6.07 Å². The lowest BCUT2D eigenvalue weighted by Crippen LogP contribution is -2.45. The Labute approximate surface area is 130 Å². The number of halogens is 1. The third-order valence-corrected chi connectivity index (χ3v) is 4.84. The van der Waals surface area contributed by atoms with Crippen LogP contribution in [0.15, 0.2) is 18.2 Å². The van der Waals surface area contributed by atoms with Crippen molar-refractivity contribution in [3.63, 3.8) is 0 Å². The van der Waals surface area contributed by atoms with Crippen LogP contribution < -0.4 is 0 Å². The molecule has 118 valence electrons. The number of nitrogens with zero attached hydrogens (tertiary/aromatic N) is 2. The molecule has 3 atom stereocenters.